The topological polar surface area (TPSA) is 103 Å². The molecular formula is C22H26N4O5S. The van der Waals surface area contributed by atoms with Gasteiger partial charge in [-0.1, -0.05) is 30.3 Å². The number of hydrogen-bond donors (Lipinski definition) is 1. The highest BCUT2D eigenvalue weighted by atomic mass is 32.2. The summed E-state index contributed by atoms with van der Waals surface area (Å²) in [5.41, 5.74) is 1.97. The van der Waals surface area contributed by atoms with Crippen molar-refractivity contribution in [1.82, 2.24) is 13.7 Å². The Kier molecular flexibility index (Phi) is 6.85. The van der Waals surface area contributed by atoms with Crippen LogP contribution in [-0.2, 0) is 28.4 Å². The van der Waals surface area contributed by atoms with Gasteiger partial charge in [-0.2, -0.15) is 0 Å². The zero-order valence-corrected chi connectivity index (χ0v) is 19.2. The zero-order valence-electron chi connectivity index (χ0n) is 18.4. The number of carbonyl (C=O) groups is 1. The average molecular weight is 459 g/mol. The maximum Gasteiger partial charge on any atom is 0.295 e. The summed E-state index contributed by atoms with van der Waals surface area (Å²) < 4.78 is 32.9. The minimum absolute atomic E-state index is 0.198. The molecular weight excluding hydrogens is 432 g/mol. The lowest BCUT2D eigenvalue weighted by Crippen LogP contribution is -2.25. The molecule has 32 heavy (non-hydrogen) atoms. The second-order valence-corrected chi connectivity index (χ2v) is 9.53. The highest BCUT2D eigenvalue weighted by molar-refractivity contribution is 7.88. The van der Waals surface area contributed by atoms with Gasteiger partial charge in [-0.3, -0.25) is 14.3 Å². The van der Waals surface area contributed by atoms with Crippen LogP contribution in [0.4, 0.5) is 5.69 Å². The minimum Gasteiger partial charge on any atom is -0.484 e. The summed E-state index contributed by atoms with van der Waals surface area (Å²) in [6.07, 6.45) is 1.15. The molecule has 9 nitrogen and oxygen atoms in total. The number of nitrogens with one attached hydrogen (secondary N) is 1. The summed E-state index contributed by atoms with van der Waals surface area (Å²) in [6, 6.07) is 15.9. The predicted molar refractivity (Wildman–Crippen MR) is 123 cm³/mol. The molecule has 0 spiro atoms. The maximum absolute atomic E-state index is 12.9. The first-order valence-corrected chi connectivity index (χ1v) is 11.7. The number of carbonyl (C=O) groups excluding carboxylic acids is 1. The largest absolute Gasteiger partial charge is 0.484 e. The van der Waals surface area contributed by atoms with E-state index in [2.05, 4.69) is 5.32 Å². The van der Waals surface area contributed by atoms with Gasteiger partial charge in [0.05, 0.1) is 17.6 Å². The van der Waals surface area contributed by atoms with E-state index >= 15 is 0 Å². The van der Waals surface area contributed by atoms with Crippen molar-refractivity contribution in [3.63, 3.8) is 0 Å². The van der Waals surface area contributed by atoms with Crippen molar-refractivity contribution in [1.29, 1.82) is 0 Å². The fourth-order valence-corrected chi connectivity index (χ4v) is 3.49. The summed E-state index contributed by atoms with van der Waals surface area (Å²) >= 11 is 0. The molecule has 10 heteroatoms. The van der Waals surface area contributed by atoms with Crippen LogP contribution in [-0.4, -0.2) is 47.9 Å². The summed E-state index contributed by atoms with van der Waals surface area (Å²) in [6.45, 7) is 1.71. The first-order chi connectivity index (χ1) is 15.1. The first kappa shape index (κ1) is 23.3. The smallest absolute Gasteiger partial charge is 0.295 e. The molecule has 0 aliphatic carbocycles. The van der Waals surface area contributed by atoms with E-state index in [-0.39, 0.29) is 24.4 Å². The third-order valence-corrected chi connectivity index (χ3v) is 6.34. The van der Waals surface area contributed by atoms with E-state index in [9.17, 15) is 18.0 Å². The van der Waals surface area contributed by atoms with Crippen LogP contribution in [0.3, 0.4) is 0 Å². The van der Waals surface area contributed by atoms with E-state index < -0.39 is 15.9 Å². The summed E-state index contributed by atoms with van der Waals surface area (Å²) in [5, 5.41) is 2.64. The molecule has 0 bridgehead atoms. The van der Waals surface area contributed by atoms with Gasteiger partial charge in [0, 0.05) is 20.6 Å². The van der Waals surface area contributed by atoms with E-state index in [1.807, 2.05) is 30.3 Å². The number of sulfonamides is 1. The number of aromatic nitrogens is 2. The summed E-state index contributed by atoms with van der Waals surface area (Å²) in [7, 11) is -0.0184. The molecule has 1 heterocycles. The van der Waals surface area contributed by atoms with Crippen LogP contribution in [0.25, 0.3) is 5.69 Å². The molecule has 1 amide bonds. The molecule has 0 aliphatic heterocycles. The number of ether oxygens (including phenoxy) is 1. The molecule has 0 unspecified atom stereocenters. The van der Waals surface area contributed by atoms with Gasteiger partial charge in [-0.15, -0.1) is 0 Å². The van der Waals surface area contributed by atoms with E-state index in [1.54, 1.807) is 42.9 Å². The fourth-order valence-electron chi connectivity index (χ4n) is 3.10. The van der Waals surface area contributed by atoms with Gasteiger partial charge < -0.3 is 10.1 Å². The van der Waals surface area contributed by atoms with Crippen molar-refractivity contribution >= 4 is 21.6 Å². The van der Waals surface area contributed by atoms with Crippen molar-refractivity contribution in [3.8, 4) is 11.4 Å². The number of benzene rings is 2. The third-order valence-electron chi connectivity index (χ3n) is 5.08. The lowest BCUT2D eigenvalue weighted by molar-refractivity contribution is -0.118. The van der Waals surface area contributed by atoms with Gasteiger partial charge in [0.15, 0.2) is 6.61 Å². The van der Waals surface area contributed by atoms with Gasteiger partial charge in [-0.05, 0) is 36.8 Å². The van der Waals surface area contributed by atoms with Crippen LogP contribution in [0.5, 0.6) is 5.75 Å². The molecule has 3 rings (SSSR count). The second kappa shape index (κ2) is 9.41. The van der Waals surface area contributed by atoms with Gasteiger partial charge in [0.25, 0.3) is 11.5 Å². The van der Waals surface area contributed by atoms with Gasteiger partial charge in [0.1, 0.15) is 11.4 Å². The van der Waals surface area contributed by atoms with Crippen molar-refractivity contribution in [2.45, 2.75) is 13.5 Å². The third kappa shape index (κ3) is 5.27. The Morgan fingerprint density at radius 3 is 2.31 bits per heavy atom. The standard InChI is InChI=1S/C22H26N4O5S/c1-16-21(22(28)26(25(16)3)18-8-6-5-7-9-18)23-20(27)15-31-19-12-10-17(11-13-19)14-24(2)32(4,29)30/h5-13H,14-15H2,1-4H3,(H,23,27). The maximum atomic E-state index is 12.9. The Labute approximate surface area is 186 Å². The Morgan fingerprint density at radius 1 is 1.09 bits per heavy atom. The Bertz CT molecular complexity index is 1260. The molecule has 3 aromatic rings. The van der Waals surface area contributed by atoms with Crippen LogP contribution >= 0.6 is 0 Å². The van der Waals surface area contributed by atoms with E-state index in [0.717, 1.165) is 11.8 Å². The second-order valence-electron chi connectivity index (χ2n) is 7.44. The Morgan fingerprint density at radius 2 is 1.72 bits per heavy atom. The highest BCUT2D eigenvalue weighted by Gasteiger charge is 2.18. The monoisotopic (exact) mass is 458 g/mol. The number of para-hydroxylation sites is 1. The van der Waals surface area contributed by atoms with E-state index in [4.69, 9.17) is 4.74 Å². The quantitative estimate of drug-likeness (QED) is 0.555. The van der Waals surface area contributed by atoms with Gasteiger partial charge in [0.2, 0.25) is 10.0 Å². The molecule has 0 saturated heterocycles. The SMILES string of the molecule is Cc1c(NC(=O)COc2ccc(CN(C)S(C)(=O)=O)cc2)c(=O)n(-c2ccccc2)n1C. The highest BCUT2D eigenvalue weighted by Crippen LogP contribution is 2.16. The van der Waals surface area contributed by atoms with Crippen LogP contribution in [0.15, 0.2) is 59.4 Å². The molecule has 0 saturated carbocycles. The normalized spacial score (nSPS) is 11.5. The van der Waals surface area contributed by atoms with Crippen molar-refractivity contribution in [2.75, 3.05) is 25.2 Å². The minimum atomic E-state index is -3.27. The summed E-state index contributed by atoms with van der Waals surface area (Å²) in [5.74, 6) is -0.00529. The average Bonchev–Trinajstić information content (AvgIpc) is 2.96. The van der Waals surface area contributed by atoms with Crippen LogP contribution in [0.2, 0.25) is 0 Å². The molecule has 0 radical (unpaired) electrons. The summed E-state index contributed by atoms with van der Waals surface area (Å²) in [4.78, 5) is 25.3. The number of rotatable bonds is 8. The van der Waals surface area contributed by atoms with Gasteiger partial charge in [-0.25, -0.2) is 17.4 Å². The first-order valence-electron chi connectivity index (χ1n) is 9.85. The molecule has 1 N–H and O–H groups in total. The van der Waals surface area contributed by atoms with Crippen LogP contribution in [0, 0.1) is 6.92 Å². The number of nitrogens with zero attached hydrogens (tertiary/aromatic N) is 3. The van der Waals surface area contributed by atoms with Crippen LogP contribution in [0.1, 0.15) is 11.3 Å². The molecule has 0 atom stereocenters. The van der Waals surface area contributed by atoms with E-state index in [0.29, 0.717) is 17.1 Å². The van der Waals surface area contributed by atoms with Gasteiger partial charge >= 0.3 is 0 Å². The molecule has 0 aliphatic rings. The predicted octanol–water partition coefficient (Wildman–Crippen LogP) is 1.89. The number of hydrogen-bond acceptors (Lipinski definition) is 5. The van der Waals surface area contributed by atoms with E-state index in [1.165, 1.54) is 16.0 Å². The van der Waals surface area contributed by atoms with Crippen molar-refractivity contribution < 1.29 is 17.9 Å². The zero-order chi connectivity index (χ0) is 23.5. The van der Waals surface area contributed by atoms with Crippen molar-refractivity contribution in [2.24, 2.45) is 7.05 Å². The molecule has 1 aromatic heterocycles. The van der Waals surface area contributed by atoms with Crippen LogP contribution < -0.4 is 15.6 Å². The Balaban J connectivity index is 1.64. The molecule has 2 aromatic carbocycles. The Hall–Kier alpha value is -3.37. The van der Waals surface area contributed by atoms with Crippen molar-refractivity contribution in [3.05, 3.63) is 76.2 Å². The lowest BCUT2D eigenvalue weighted by atomic mass is 10.2. The lowest BCUT2D eigenvalue weighted by Gasteiger charge is -2.14. The number of anilines is 1. The molecule has 0 fully saturated rings. The number of amides is 1. The fraction of sp³-hybridized carbons (Fsp3) is 0.273. The molecule has 170 valence electrons.